The standard InChI is InChI=1S/C9H10NO2.2CH3.Bi/c1-7(2)8-3-5-9(6-4-8)10(11)12;;;/h3-6H,1-2H3;2*1H3;. The van der Waals surface area contributed by atoms with Gasteiger partial charge in [-0.15, -0.1) is 0 Å². The Balaban J connectivity index is 3.04. The average Bonchev–Trinajstić information content (AvgIpc) is 2.17. The monoisotopic (exact) mass is 403 g/mol. The summed E-state index contributed by atoms with van der Waals surface area (Å²) in [5.41, 5.74) is 1.41. The van der Waals surface area contributed by atoms with Crippen LogP contribution < -0.4 is 0 Å². The van der Waals surface area contributed by atoms with Crippen LogP contribution in [-0.4, -0.2) is 26.7 Å². The fourth-order valence-electron chi connectivity index (χ4n) is 1.25. The van der Waals surface area contributed by atoms with Crippen molar-refractivity contribution in [3.05, 3.63) is 39.9 Å². The third kappa shape index (κ3) is 2.75. The first-order valence-corrected chi connectivity index (χ1v) is 13.5. The SMILES string of the molecule is [CH3][Bi]([CH3])[C](C)(C)c1ccc([N+](=O)[O-])cc1. The van der Waals surface area contributed by atoms with Gasteiger partial charge in [0.05, 0.1) is 0 Å². The number of rotatable bonds is 3. The summed E-state index contributed by atoms with van der Waals surface area (Å²) in [6.07, 6.45) is 0. The van der Waals surface area contributed by atoms with Gasteiger partial charge in [-0.05, 0) is 0 Å². The van der Waals surface area contributed by atoms with Crippen LogP contribution in [0.25, 0.3) is 0 Å². The average molecular weight is 403 g/mol. The number of hydrogen-bond acceptors (Lipinski definition) is 2. The molecular weight excluding hydrogens is 387 g/mol. The van der Waals surface area contributed by atoms with Crippen LogP contribution in [0.3, 0.4) is 0 Å². The molecule has 3 nitrogen and oxygen atoms in total. The van der Waals surface area contributed by atoms with Crippen LogP contribution in [-0.2, 0) is 3.12 Å². The molecule has 0 aromatic heterocycles. The summed E-state index contributed by atoms with van der Waals surface area (Å²) in [7, 11) is 0. The molecule has 1 aromatic carbocycles. The van der Waals surface area contributed by atoms with Crippen molar-refractivity contribution in [2.75, 3.05) is 0 Å². The molecule has 15 heavy (non-hydrogen) atoms. The van der Waals surface area contributed by atoms with Crippen molar-refractivity contribution in [1.82, 2.24) is 0 Å². The van der Waals surface area contributed by atoms with Crippen LogP contribution in [0, 0.1) is 10.1 Å². The van der Waals surface area contributed by atoms with E-state index in [0.29, 0.717) is 0 Å². The second kappa shape index (κ2) is 4.57. The van der Waals surface area contributed by atoms with E-state index >= 15 is 0 Å². The van der Waals surface area contributed by atoms with Crippen molar-refractivity contribution in [3.8, 4) is 0 Å². The van der Waals surface area contributed by atoms with Crippen LogP contribution >= 0.6 is 0 Å². The van der Waals surface area contributed by atoms with Crippen molar-refractivity contribution in [2.24, 2.45) is 0 Å². The Kier molecular flexibility index (Phi) is 3.83. The Hall–Kier alpha value is -0.497. The molecule has 0 fully saturated rings. The molecule has 0 N–H and O–H groups in total. The number of benzene rings is 1. The Morgan fingerprint density at radius 1 is 1.20 bits per heavy atom. The summed E-state index contributed by atoms with van der Waals surface area (Å²) in [6, 6.07) is 7.00. The number of non-ortho nitro benzene ring substituents is 1. The summed E-state index contributed by atoms with van der Waals surface area (Å²) < 4.78 is 4.97. The molecule has 1 aromatic rings. The molecule has 0 aliphatic heterocycles. The Labute approximate surface area is 98.3 Å². The zero-order chi connectivity index (χ0) is 11.6. The maximum atomic E-state index is 10.5. The van der Waals surface area contributed by atoms with Crippen molar-refractivity contribution in [1.29, 1.82) is 0 Å². The predicted molar refractivity (Wildman–Crippen MR) is 63.6 cm³/mol. The molecule has 0 radical (unpaired) electrons. The number of nitro groups is 1. The molecule has 0 spiro atoms. The summed E-state index contributed by atoms with van der Waals surface area (Å²) in [6.45, 7) is 4.48. The molecular formula is C11H16BiNO2. The summed E-state index contributed by atoms with van der Waals surface area (Å²) >= 11 is -1.43. The van der Waals surface area contributed by atoms with Crippen LogP contribution in [0.2, 0.25) is 9.26 Å². The second-order valence-corrected chi connectivity index (χ2v) is 15.6. The van der Waals surface area contributed by atoms with E-state index in [4.69, 9.17) is 0 Å². The number of nitro benzene ring substituents is 1. The summed E-state index contributed by atoms with van der Waals surface area (Å²) in [5, 5.41) is 10.5. The van der Waals surface area contributed by atoms with Crippen molar-refractivity contribution >= 4 is 27.4 Å². The van der Waals surface area contributed by atoms with Gasteiger partial charge in [-0.25, -0.2) is 0 Å². The molecule has 82 valence electrons. The van der Waals surface area contributed by atoms with Gasteiger partial charge in [0.2, 0.25) is 0 Å². The van der Waals surface area contributed by atoms with E-state index in [2.05, 4.69) is 23.1 Å². The second-order valence-electron chi connectivity index (χ2n) is 4.26. The Morgan fingerprint density at radius 2 is 1.67 bits per heavy atom. The predicted octanol–water partition coefficient (Wildman–Crippen LogP) is 3.17. The van der Waals surface area contributed by atoms with Gasteiger partial charge in [-0.3, -0.25) is 0 Å². The Morgan fingerprint density at radius 3 is 2.00 bits per heavy atom. The van der Waals surface area contributed by atoms with Crippen LogP contribution in [0.4, 0.5) is 5.69 Å². The van der Waals surface area contributed by atoms with Gasteiger partial charge in [-0.2, -0.15) is 0 Å². The van der Waals surface area contributed by atoms with Gasteiger partial charge in [0.1, 0.15) is 0 Å². The molecule has 0 aliphatic carbocycles. The van der Waals surface area contributed by atoms with Gasteiger partial charge >= 0.3 is 98.5 Å². The first kappa shape index (κ1) is 12.6. The minimum absolute atomic E-state index is 0.174. The molecule has 0 bridgehead atoms. The van der Waals surface area contributed by atoms with Crippen LogP contribution in [0.15, 0.2) is 24.3 Å². The van der Waals surface area contributed by atoms with Crippen molar-refractivity contribution < 1.29 is 4.92 Å². The molecule has 1 rings (SSSR count). The zero-order valence-electron chi connectivity index (χ0n) is 9.52. The van der Waals surface area contributed by atoms with E-state index in [1.165, 1.54) is 5.56 Å². The fourth-order valence-corrected chi connectivity index (χ4v) is 3.84. The van der Waals surface area contributed by atoms with E-state index in [9.17, 15) is 10.1 Å². The topological polar surface area (TPSA) is 43.1 Å². The normalized spacial score (nSPS) is 11.8. The molecule has 0 heterocycles. The van der Waals surface area contributed by atoms with Crippen LogP contribution in [0.1, 0.15) is 19.4 Å². The van der Waals surface area contributed by atoms with Gasteiger partial charge < -0.3 is 0 Å². The van der Waals surface area contributed by atoms with E-state index < -0.39 is 21.8 Å². The van der Waals surface area contributed by atoms with E-state index in [0.717, 1.165) is 0 Å². The van der Waals surface area contributed by atoms with Crippen LogP contribution in [0.5, 0.6) is 0 Å². The quantitative estimate of drug-likeness (QED) is 0.442. The van der Waals surface area contributed by atoms with Crippen molar-refractivity contribution in [2.45, 2.75) is 26.2 Å². The molecule has 0 unspecified atom stereocenters. The third-order valence-electron chi connectivity index (χ3n) is 2.90. The number of hydrogen-bond donors (Lipinski definition) is 0. The maximum absolute atomic E-state index is 10.5. The molecule has 0 aliphatic rings. The van der Waals surface area contributed by atoms with Gasteiger partial charge in [0.15, 0.2) is 0 Å². The van der Waals surface area contributed by atoms with E-state index in [1.807, 2.05) is 12.1 Å². The molecule has 0 saturated heterocycles. The Bertz CT molecular complexity index is 357. The van der Waals surface area contributed by atoms with E-state index in [1.54, 1.807) is 12.1 Å². The minimum atomic E-state index is -1.43. The molecule has 0 atom stereocenters. The molecule has 4 heteroatoms. The molecule has 0 saturated carbocycles. The van der Waals surface area contributed by atoms with Gasteiger partial charge in [-0.1, -0.05) is 0 Å². The van der Waals surface area contributed by atoms with E-state index in [-0.39, 0.29) is 13.7 Å². The fraction of sp³-hybridized carbons (Fsp3) is 0.455. The summed E-state index contributed by atoms with van der Waals surface area (Å²) in [4.78, 5) is 10.2. The number of nitrogens with zero attached hydrogens (tertiary/aromatic N) is 1. The van der Waals surface area contributed by atoms with Crippen molar-refractivity contribution in [3.63, 3.8) is 0 Å². The first-order chi connectivity index (χ1) is 6.85. The third-order valence-corrected chi connectivity index (χ3v) is 12.6. The van der Waals surface area contributed by atoms with Gasteiger partial charge in [0.25, 0.3) is 0 Å². The van der Waals surface area contributed by atoms with Gasteiger partial charge in [0, 0.05) is 0 Å². The first-order valence-electron chi connectivity index (χ1n) is 4.78. The summed E-state index contributed by atoms with van der Waals surface area (Å²) in [5.74, 6) is 0. The molecule has 0 amide bonds. The zero-order valence-corrected chi connectivity index (χ0v) is 13.0.